The molecule has 1 saturated carbocycles. The predicted molar refractivity (Wildman–Crippen MR) is 89.9 cm³/mol. The lowest BCUT2D eigenvalue weighted by Gasteiger charge is -2.27. The van der Waals surface area contributed by atoms with Crippen molar-refractivity contribution in [1.82, 2.24) is 4.98 Å². The monoisotopic (exact) mass is 365 g/mol. The molecular formula is C18H23NO7. The molecule has 0 spiro atoms. The molecule has 2 rings (SSSR count). The van der Waals surface area contributed by atoms with Crippen LogP contribution in [-0.2, 0) is 30.3 Å². The van der Waals surface area contributed by atoms with Gasteiger partial charge in [-0.15, -0.1) is 0 Å². The average Bonchev–Trinajstić information content (AvgIpc) is 2.68. The summed E-state index contributed by atoms with van der Waals surface area (Å²) in [6.07, 6.45) is 4.12. The minimum Gasteiger partial charge on any atom is -0.496 e. The summed E-state index contributed by atoms with van der Waals surface area (Å²) < 4.78 is 20.3. The number of ketones is 1. The molecule has 26 heavy (non-hydrogen) atoms. The first-order valence-electron chi connectivity index (χ1n) is 8.37. The van der Waals surface area contributed by atoms with Gasteiger partial charge in [-0.1, -0.05) is 0 Å². The molecule has 142 valence electrons. The van der Waals surface area contributed by atoms with Crippen molar-refractivity contribution in [2.45, 2.75) is 38.2 Å². The van der Waals surface area contributed by atoms with Gasteiger partial charge in [0, 0.05) is 24.2 Å². The number of methoxy groups -OCH3 is 3. The zero-order valence-corrected chi connectivity index (χ0v) is 15.1. The second-order valence-corrected chi connectivity index (χ2v) is 6.04. The molecule has 0 aromatic carbocycles. The van der Waals surface area contributed by atoms with E-state index in [9.17, 15) is 14.4 Å². The fraction of sp³-hybridized carbons (Fsp3) is 0.556. The topological polar surface area (TPSA) is 101 Å². The van der Waals surface area contributed by atoms with Crippen LogP contribution in [0.3, 0.4) is 0 Å². The summed E-state index contributed by atoms with van der Waals surface area (Å²) in [5.74, 6) is -1.05. The van der Waals surface area contributed by atoms with Gasteiger partial charge in [-0.05, 0) is 25.7 Å². The van der Waals surface area contributed by atoms with Gasteiger partial charge >= 0.3 is 11.9 Å². The zero-order chi connectivity index (χ0) is 19.1. The third kappa shape index (κ3) is 4.93. The quantitative estimate of drug-likeness (QED) is 0.529. The molecule has 8 heteroatoms. The maximum Gasteiger partial charge on any atom is 0.374 e. The summed E-state index contributed by atoms with van der Waals surface area (Å²) in [4.78, 5) is 38.7. The van der Waals surface area contributed by atoms with Gasteiger partial charge < -0.3 is 18.9 Å². The first kappa shape index (κ1) is 19.7. The number of hydrogen-bond donors (Lipinski definition) is 0. The number of carbonyl (C=O) groups is 3. The van der Waals surface area contributed by atoms with Gasteiger partial charge in [-0.2, -0.15) is 0 Å². The number of aromatic nitrogens is 1. The Kier molecular flexibility index (Phi) is 6.94. The third-order valence-corrected chi connectivity index (χ3v) is 4.40. The minimum atomic E-state index is -0.908. The Morgan fingerprint density at radius 3 is 2.35 bits per heavy atom. The van der Waals surface area contributed by atoms with Crippen LogP contribution in [0.2, 0.25) is 0 Å². The summed E-state index contributed by atoms with van der Waals surface area (Å²) in [6.45, 7) is 0. The second-order valence-electron chi connectivity index (χ2n) is 6.04. The van der Waals surface area contributed by atoms with E-state index >= 15 is 0 Å². The lowest BCUT2D eigenvalue weighted by Crippen LogP contribution is -2.28. The molecular weight excluding hydrogens is 342 g/mol. The van der Waals surface area contributed by atoms with E-state index < -0.39 is 11.8 Å². The lowest BCUT2D eigenvalue weighted by atomic mass is 9.87. The molecule has 0 amide bonds. The Morgan fingerprint density at radius 2 is 1.77 bits per heavy atom. The van der Waals surface area contributed by atoms with Crippen molar-refractivity contribution in [3.8, 4) is 11.6 Å². The van der Waals surface area contributed by atoms with Crippen LogP contribution in [0.4, 0.5) is 0 Å². The van der Waals surface area contributed by atoms with Gasteiger partial charge in [-0.25, -0.2) is 9.78 Å². The highest BCUT2D eigenvalue weighted by Gasteiger charge is 2.28. The van der Waals surface area contributed by atoms with Crippen LogP contribution < -0.4 is 9.47 Å². The fourth-order valence-corrected chi connectivity index (χ4v) is 2.95. The number of pyridine rings is 1. The minimum absolute atomic E-state index is 0.0457. The normalized spacial score (nSPS) is 19.3. The average molecular weight is 365 g/mol. The largest absolute Gasteiger partial charge is 0.496 e. The van der Waals surface area contributed by atoms with Gasteiger partial charge in [0.2, 0.25) is 11.7 Å². The van der Waals surface area contributed by atoms with Gasteiger partial charge in [0.25, 0.3) is 0 Å². The van der Waals surface area contributed by atoms with Crippen molar-refractivity contribution in [2.24, 2.45) is 5.92 Å². The van der Waals surface area contributed by atoms with E-state index in [1.165, 1.54) is 20.4 Å². The molecule has 1 aliphatic rings. The van der Waals surface area contributed by atoms with E-state index in [1.807, 2.05) is 0 Å². The molecule has 1 heterocycles. The summed E-state index contributed by atoms with van der Waals surface area (Å²) in [6, 6.07) is 1.59. The maximum absolute atomic E-state index is 11.7. The van der Waals surface area contributed by atoms with Gasteiger partial charge in [0.05, 0.1) is 27.2 Å². The van der Waals surface area contributed by atoms with Crippen LogP contribution in [0.15, 0.2) is 12.3 Å². The SMILES string of the molecule is COC(=O)C(=O)Cc1cnc(OC2CCC(C(=O)OC)CC2)cc1OC. The molecule has 1 aromatic rings. The van der Waals surface area contributed by atoms with Crippen molar-refractivity contribution in [3.63, 3.8) is 0 Å². The van der Waals surface area contributed by atoms with Crippen LogP contribution in [0.5, 0.6) is 11.6 Å². The van der Waals surface area contributed by atoms with Gasteiger partial charge in [-0.3, -0.25) is 9.59 Å². The number of carbonyl (C=O) groups excluding carboxylic acids is 3. The number of rotatable bonds is 7. The predicted octanol–water partition coefficient (Wildman–Crippen LogP) is 1.49. The van der Waals surface area contributed by atoms with Crippen LogP contribution >= 0.6 is 0 Å². The van der Waals surface area contributed by atoms with E-state index in [-0.39, 0.29) is 24.4 Å². The molecule has 0 aliphatic heterocycles. The Bertz CT molecular complexity index is 666. The Morgan fingerprint density at radius 1 is 1.08 bits per heavy atom. The third-order valence-electron chi connectivity index (χ3n) is 4.40. The first-order valence-corrected chi connectivity index (χ1v) is 8.37. The van der Waals surface area contributed by atoms with Crippen molar-refractivity contribution in [3.05, 3.63) is 17.8 Å². The number of nitrogens with zero attached hydrogens (tertiary/aromatic N) is 1. The Balaban J connectivity index is 1.98. The van der Waals surface area contributed by atoms with Crippen LogP contribution in [-0.4, -0.2) is 50.1 Å². The van der Waals surface area contributed by atoms with E-state index in [1.54, 1.807) is 6.07 Å². The molecule has 0 N–H and O–H groups in total. The summed E-state index contributed by atoms with van der Waals surface area (Å²) >= 11 is 0. The second kappa shape index (κ2) is 9.17. The smallest absolute Gasteiger partial charge is 0.374 e. The molecule has 1 fully saturated rings. The number of ether oxygens (including phenoxy) is 4. The molecule has 0 atom stereocenters. The van der Waals surface area contributed by atoms with Crippen molar-refractivity contribution in [1.29, 1.82) is 0 Å². The summed E-state index contributed by atoms with van der Waals surface area (Å²) in [5.41, 5.74) is 0.477. The molecule has 1 aliphatic carbocycles. The Labute approximate surface area is 151 Å². The van der Waals surface area contributed by atoms with Gasteiger partial charge in [0.1, 0.15) is 11.9 Å². The molecule has 0 saturated heterocycles. The highest BCUT2D eigenvalue weighted by Crippen LogP contribution is 2.29. The van der Waals surface area contributed by atoms with Crippen LogP contribution in [0.1, 0.15) is 31.2 Å². The van der Waals surface area contributed by atoms with E-state index in [4.69, 9.17) is 14.2 Å². The number of esters is 2. The molecule has 0 bridgehead atoms. The molecule has 1 aromatic heterocycles. The number of Topliss-reactive ketones (excluding diaryl/α,β-unsaturated/α-hetero) is 1. The molecule has 0 radical (unpaired) electrons. The molecule has 0 unspecified atom stereocenters. The highest BCUT2D eigenvalue weighted by atomic mass is 16.5. The van der Waals surface area contributed by atoms with Gasteiger partial charge in [0.15, 0.2) is 0 Å². The van der Waals surface area contributed by atoms with Crippen LogP contribution in [0.25, 0.3) is 0 Å². The van der Waals surface area contributed by atoms with Crippen molar-refractivity contribution >= 4 is 17.7 Å². The summed E-state index contributed by atoms with van der Waals surface area (Å²) in [5, 5.41) is 0. The Hall–Kier alpha value is -2.64. The van der Waals surface area contributed by atoms with E-state index in [0.29, 0.717) is 30.0 Å². The van der Waals surface area contributed by atoms with Crippen LogP contribution in [0, 0.1) is 5.92 Å². The van der Waals surface area contributed by atoms with Crippen molar-refractivity contribution < 1.29 is 33.3 Å². The van der Waals surface area contributed by atoms with E-state index in [2.05, 4.69) is 9.72 Å². The molecule has 8 nitrogen and oxygen atoms in total. The fourth-order valence-electron chi connectivity index (χ4n) is 2.95. The van der Waals surface area contributed by atoms with E-state index in [0.717, 1.165) is 20.0 Å². The standard InChI is InChI=1S/C18H23NO7/c1-23-15-9-16(19-10-12(15)8-14(20)18(22)25-3)26-13-6-4-11(5-7-13)17(21)24-2/h9-11,13H,4-8H2,1-3H3. The highest BCUT2D eigenvalue weighted by molar-refractivity contribution is 6.34. The van der Waals surface area contributed by atoms with Crippen molar-refractivity contribution in [2.75, 3.05) is 21.3 Å². The first-order chi connectivity index (χ1) is 12.5. The zero-order valence-electron chi connectivity index (χ0n) is 15.1. The summed E-state index contributed by atoms with van der Waals surface area (Å²) in [7, 11) is 4.02. The maximum atomic E-state index is 11.7. The lowest BCUT2D eigenvalue weighted by molar-refractivity contribution is -0.151. The number of hydrogen-bond acceptors (Lipinski definition) is 8.